The summed E-state index contributed by atoms with van der Waals surface area (Å²) in [7, 11) is 0. The number of fused-ring (bicyclic) bond motifs is 1. The second-order valence-corrected chi connectivity index (χ2v) is 9.54. The number of anilines is 2. The summed E-state index contributed by atoms with van der Waals surface area (Å²) in [4.78, 5) is 16.7. The van der Waals surface area contributed by atoms with Gasteiger partial charge in [0.25, 0.3) is 0 Å². The number of aromatic nitrogens is 2. The third-order valence-corrected chi connectivity index (χ3v) is 6.60. The molecule has 0 aliphatic carbocycles. The Morgan fingerprint density at radius 1 is 1.05 bits per heavy atom. The lowest BCUT2D eigenvalue weighted by Crippen LogP contribution is -2.19. The molecular weight excluding hydrogens is 530 g/mol. The zero-order valence-corrected chi connectivity index (χ0v) is 21.1. The summed E-state index contributed by atoms with van der Waals surface area (Å²) < 4.78 is 54.4. The van der Waals surface area contributed by atoms with Gasteiger partial charge in [0.15, 0.2) is 5.13 Å². The van der Waals surface area contributed by atoms with Crippen LogP contribution in [-0.4, -0.2) is 21.7 Å². The number of nitrogens with zero attached hydrogens (tertiary/aromatic N) is 3. The van der Waals surface area contributed by atoms with E-state index in [1.54, 1.807) is 17.7 Å². The van der Waals surface area contributed by atoms with Crippen molar-refractivity contribution in [3.63, 3.8) is 0 Å². The maximum absolute atomic E-state index is 13.6. The molecule has 0 fully saturated rings. The largest absolute Gasteiger partial charge is 0.416 e. The Balaban J connectivity index is 1.21. The number of hydrogen-bond donors (Lipinski definition) is 2. The summed E-state index contributed by atoms with van der Waals surface area (Å²) >= 11 is 1.18. The van der Waals surface area contributed by atoms with Crippen molar-refractivity contribution in [2.75, 3.05) is 5.32 Å². The summed E-state index contributed by atoms with van der Waals surface area (Å²) in [6.07, 6.45) is -1.07. The van der Waals surface area contributed by atoms with Gasteiger partial charge in [-0.3, -0.25) is 4.79 Å². The molecule has 2 N–H and O–H groups in total. The fourth-order valence-corrected chi connectivity index (χ4v) is 4.79. The molecule has 1 amide bonds. The Morgan fingerprint density at radius 3 is 2.69 bits per heavy atom. The first-order chi connectivity index (χ1) is 18.7. The van der Waals surface area contributed by atoms with Crippen LogP contribution in [0, 0.1) is 5.82 Å². The van der Waals surface area contributed by atoms with Gasteiger partial charge in [0.05, 0.1) is 23.9 Å². The Hall–Kier alpha value is -4.51. The third kappa shape index (κ3) is 6.50. The van der Waals surface area contributed by atoms with Gasteiger partial charge in [0.2, 0.25) is 5.91 Å². The van der Waals surface area contributed by atoms with E-state index >= 15 is 0 Å². The number of para-hydroxylation sites is 1. The topological polar surface area (TPSA) is 71.3 Å². The molecule has 5 rings (SSSR count). The van der Waals surface area contributed by atoms with Gasteiger partial charge in [-0.15, -0.1) is 11.3 Å². The smallest absolute Gasteiger partial charge is 0.342 e. The Morgan fingerprint density at radius 2 is 1.87 bits per heavy atom. The predicted molar refractivity (Wildman–Crippen MR) is 144 cm³/mol. The fourth-order valence-electron chi connectivity index (χ4n) is 4.06. The monoisotopic (exact) mass is 551 g/mol. The van der Waals surface area contributed by atoms with Crippen molar-refractivity contribution in [2.24, 2.45) is 5.10 Å². The van der Waals surface area contributed by atoms with E-state index < -0.39 is 17.6 Å². The molecule has 0 aliphatic heterocycles. The van der Waals surface area contributed by atoms with Gasteiger partial charge in [-0.1, -0.05) is 36.4 Å². The first-order valence-electron chi connectivity index (χ1n) is 11.8. The number of benzene rings is 3. The number of carbonyl (C=O) groups excluding carboxylic acids is 1. The van der Waals surface area contributed by atoms with E-state index in [0.717, 1.165) is 34.2 Å². The summed E-state index contributed by atoms with van der Waals surface area (Å²) in [6, 6.07) is 18.9. The van der Waals surface area contributed by atoms with E-state index in [0.29, 0.717) is 17.4 Å². The Labute approximate surface area is 224 Å². The molecule has 0 bridgehead atoms. The normalized spacial score (nSPS) is 11.8. The lowest BCUT2D eigenvalue weighted by atomic mass is 10.2. The molecule has 0 aliphatic rings. The SMILES string of the molecule is O=C(Cc1csc(Nc2cccc(C(F)(F)F)c2)n1)N/N=C\c1cn(Cc2cccc(F)c2)c2ccccc12. The Bertz CT molecular complexity index is 1660. The van der Waals surface area contributed by atoms with Crippen molar-refractivity contribution in [3.8, 4) is 0 Å². The van der Waals surface area contributed by atoms with Crippen LogP contribution in [0.15, 0.2) is 89.5 Å². The predicted octanol–water partition coefficient (Wildman–Crippen LogP) is 6.74. The van der Waals surface area contributed by atoms with Crippen molar-refractivity contribution >= 4 is 45.2 Å². The minimum atomic E-state index is -4.44. The zero-order chi connectivity index (χ0) is 27.4. The molecule has 2 aromatic heterocycles. The highest BCUT2D eigenvalue weighted by atomic mass is 32.1. The van der Waals surface area contributed by atoms with Crippen LogP contribution in [0.1, 0.15) is 22.4 Å². The maximum atomic E-state index is 13.6. The average Bonchev–Trinajstić information content (AvgIpc) is 3.48. The first-order valence-corrected chi connectivity index (χ1v) is 12.7. The van der Waals surface area contributed by atoms with Gasteiger partial charge < -0.3 is 9.88 Å². The summed E-state index contributed by atoms with van der Waals surface area (Å²) in [5.74, 6) is -0.696. The van der Waals surface area contributed by atoms with E-state index in [9.17, 15) is 22.4 Å². The van der Waals surface area contributed by atoms with Gasteiger partial charge in [-0.05, 0) is 42.0 Å². The summed E-state index contributed by atoms with van der Waals surface area (Å²) in [5.41, 5.74) is 4.96. The molecule has 0 saturated heterocycles. The number of rotatable bonds is 8. The zero-order valence-electron chi connectivity index (χ0n) is 20.2. The van der Waals surface area contributed by atoms with Gasteiger partial charge in [-0.2, -0.15) is 18.3 Å². The van der Waals surface area contributed by atoms with Gasteiger partial charge in [0, 0.05) is 40.3 Å². The highest BCUT2D eigenvalue weighted by Gasteiger charge is 2.30. The summed E-state index contributed by atoms with van der Waals surface area (Å²) in [6.45, 7) is 0.471. The van der Waals surface area contributed by atoms with E-state index in [2.05, 4.69) is 20.8 Å². The number of hydrazone groups is 1. The molecule has 11 heteroatoms. The van der Waals surface area contributed by atoms with E-state index in [-0.39, 0.29) is 17.9 Å². The molecule has 0 unspecified atom stereocenters. The quantitative estimate of drug-likeness (QED) is 0.127. The maximum Gasteiger partial charge on any atom is 0.416 e. The third-order valence-electron chi connectivity index (χ3n) is 5.79. The average molecular weight is 552 g/mol. The number of amides is 1. The van der Waals surface area contributed by atoms with E-state index in [4.69, 9.17) is 0 Å². The van der Waals surface area contributed by atoms with Crippen molar-refractivity contribution in [2.45, 2.75) is 19.1 Å². The minimum Gasteiger partial charge on any atom is -0.342 e. The molecule has 0 atom stereocenters. The van der Waals surface area contributed by atoms with Crippen molar-refractivity contribution < 1.29 is 22.4 Å². The number of alkyl halides is 3. The van der Waals surface area contributed by atoms with Crippen LogP contribution in [0.5, 0.6) is 0 Å². The van der Waals surface area contributed by atoms with Crippen LogP contribution in [0.2, 0.25) is 0 Å². The molecule has 6 nitrogen and oxygen atoms in total. The van der Waals surface area contributed by atoms with Gasteiger partial charge in [0.1, 0.15) is 5.82 Å². The van der Waals surface area contributed by atoms with E-state index in [1.807, 2.05) is 41.1 Å². The highest BCUT2D eigenvalue weighted by molar-refractivity contribution is 7.13. The van der Waals surface area contributed by atoms with Gasteiger partial charge in [-0.25, -0.2) is 14.8 Å². The van der Waals surface area contributed by atoms with Crippen LogP contribution in [-0.2, 0) is 23.9 Å². The van der Waals surface area contributed by atoms with Crippen LogP contribution < -0.4 is 10.7 Å². The standard InChI is InChI=1S/C28H21F4N5OS/c29-21-7-3-5-18(11-21)15-37-16-19(24-9-1-2-10-25(24)37)14-33-36-26(38)13-23-17-39-27(35-23)34-22-8-4-6-20(12-22)28(30,31)32/h1-12,14,16-17H,13,15H2,(H,34,35)(H,36,38)/b33-14-. The lowest BCUT2D eigenvalue weighted by molar-refractivity contribution is -0.137. The van der Waals surface area contributed by atoms with Crippen molar-refractivity contribution in [3.05, 3.63) is 113 Å². The lowest BCUT2D eigenvalue weighted by Gasteiger charge is -2.08. The molecule has 0 spiro atoms. The second kappa shape index (κ2) is 11.1. The molecule has 3 aromatic carbocycles. The molecule has 0 radical (unpaired) electrons. The van der Waals surface area contributed by atoms with Crippen LogP contribution in [0.25, 0.3) is 10.9 Å². The number of carbonyl (C=O) groups is 1. The van der Waals surface area contributed by atoms with Crippen LogP contribution >= 0.6 is 11.3 Å². The minimum absolute atomic E-state index is 0.0561. The van der Waals surface area contributed by atoms with Crippen molar-refractivity contribution in [1.29, 1.82) is 0 Å². The molecular formula is C28H21F4N5OS. The van der Waals surface area contributed by atoms with Crippen molar-refractivity contribution in [1.82, 2.24) is 15.0 Å². The van der Waals surface area contributed by atoms with Crippen LogP contribution in [0.3, 0.4) is 0 Å². The molecule has 0 saturated carbocycles. The number of hydrogen-bond acceptors (Lipinski definition) is 5. The van der Waals surface area contributed by atoms with E-state index in [1.165, 1.54) is 35.6 Å². The second-order valence-electron chi connectivity index (χ2n) is 8.68. The Kier molecular flexibility index (Phi) is 7.42. The highest BCUT2D eigenvalue weighted by Crippen LogP contribution is 2.32. The fraction of sp³-hybridized carbons (Fsp3) is 0.107. The number of halogens is 4. The molecule has 5 aromatic rings. The van der Waals surface area contributed by atoms with Crippen LogP contribution in [0.4, 0.5) is 28.4 Å². The molecule has 2 heterocycles. The number of nitrogens with one attached hydrogen (secondary N) is 2. The number of thiazole rings is 1. The summed E-state index contributed by atoms with van der Waals surface area (Å²) in [5, 5.41) is 9.87. The molecule has 39 heavy (non-hydrogen) atoms. The molecule has 198 valence electrons. The first kappa shape index (κ1) is 26.1. The van der Waals surface area contributed by atoms with Gasteiger partial charge >= 0.3 is 6.18 Å².